The summed E-state index contributed by atoms with van der Waals surface area (Å²) in [7, 11) is 0. The maximum Gasteiger partial charge on any atom is 0.317 e. The SMILES string of the molecule is NCCCCCCN(Cc1cc(-c2cccs2)cc(CN(CC(=O)O)CC(=O)O)n1)Cc1cc(-c2cccs2)cc(CN(CC(=O)O)CC(=O)O)n1. The predicted octanol–water partition coefficient (Wildman–Crippen LogP) is 4.40. The van der Waals surface area contributed by atoms with E-state index < -0.39 is 50.1 Å². The summed E-state index contributed by atoms with van der Waals surface area (Å²) in [6.07, 6.45) is 3.76. The number of carboxylic acids is 4. The molecule has 0 aliphatic heterocycles. The summed E-state index contributed by atoms with van der Waals surface area (Å²) in [5.41, 5.74) is 10.0. The van der Waals surface area contributed by atoms with Gasteiger partial charge in [-0.05, 0) is 84.2 Å². The van der Waals surface area contributed by atoms with Gasteiger partial charge in [-0.2, -0.15) is 0 Å². The van der Waals surface area contributed by atoms with E-state index in [9.17, 15) is 39.6 Å². The van der Waals surface area contributed by atoms with E-state index in [1.54, 1.807) is 22.7 Å². The summed E-state index contributed by atoms with van der Waals surface area (Å²) in [4.78, 5) is 62.8. The molecule has 0 aliphatic carbocycles. The van der Waals surface area contributed by atoms with Gasteiger partial charge in [-0.3, -0.25) is 43.8 Å². The van der Waals surface area contributed by atoms with Gasteiger partial charge in [-0.15, -0.1) is 22.7 Å². The maximum atomic E-state index is 11.5. The van der Waals surface area contributed by atoms with Crippen molar-refractivity contribution in [2.24, 2.45) is 5.73 Å². The first-order valence-electron chi connectivity index (χ1n) is 16.8. The second-order valence-corrected chi connectivity index (χ2v) is 14.3. The molecule has 0 radical (unpaired) electrons. The molecule has 4 aromatic rings. The van der Waals surface area contributed by atoms with E-state index in [4.69, 9.17) is 15.7 Å². The summed E-state index contributed by atoms with van der Waals surface area (Å²) < 4.78 is 0. The molecule has 0 bridgehead atoms. The minimum atomic E-state index is -1.14. The van der Waals surface area contributed by atoms with E-state index in [0.29, 0.717) is 37.6 Å². The standard InChI is InChI=1S/C36H44N6O8S2/c37-9-3-1-2-4-10-40(17-27-13-25(31-7-5-11-51-31)15-29(38-27)19-41(21-33(43)44)22-34(45)46)18-28-14-26(32-8-6-12-52-32)16-30(39-28)20-42(23-35(47)48)24-36(49)50/h5-8,11-16H,1-4,9-10,17-24,37H2,(H,43,44)(H,45,46)(H,47,48)(H,49,50). The zero-order chi connectivity index (χ0) is 37.5. The van der Waals surface area contributed by atoms with Crippen LogP contribution in [-0.2, 0) is 45.4 Å². The lowest BCUT2D eigenvalue weighted by molar-refractivity contribution is -0.144. The van der Waals surface area contributed by atoms with Gasteiger partial charge in [0, 0.05) is 35.9 Å². The van der Waals surface area contributed by atoms with Crippen LogP contribution in [0, 0.1) is 0 Å². The topological polar surface area (TPSA) is 211 Å². The molecule has 0 amide bonds. The van der Waals surface area contributed by atoms with Crippen molar-refractivity contribution in [3.05, 3.63) is 82.1 Å². The van der Waals surface area contributed by atoms with Gasteiger partial charge >= 0.3 is 23.9 Å². The van der Waals surface area contributed by atoms with E-state index in [1.807, 2.05) is 59.3 Å². The molecule has 4 rings (SSSR count). The Hall–Kier alpha value is -4.58. The molecule has 4 heterocycles. The molecule has 52 heavy (non-hydrogen) atoms. The fraction of sp³-hybridized carbons (Fsp3) is 0.389. The van der Waals surface area contributed by atoms with Gasteiger partial charge < -0.3 is 26.2 Å². The molecule has 4 aromatic heterocycles. The predicted molar refractivity (Wildman–Crippen MR) is 198 cm³/mol. The first-order chi connectivity index (χ1) is 25.0. The third kappa shape index (κ3) is 13.9. The van der Waals surface area contributed by atoms with Crippen molar-refractivity contribution < 1.29 is 39.6 Å². The van der Waals surface area contributed by atoms with E-state index in [-0.39, 0.29) is 13.1 Å². The number of rotatable bonds is 24. The van der Waals surface area contributed by atoms with Gasteiger partial charge in [-0.25, -0.2) is 0 Å². The Morgan fingerprint density at radius 1 is 0.558 bits per heavy atom. The Kier molecular flexibility index (Phi) is 15.8. The van der Waals surface area contributed by atoms with Crippen molar-refractivity contribution >= 4 is 46.6 Å². The molecule has 0 spiro atoms. The zero-order valence-corrected chi connectivity index (χ0v) is 30.4. The molecule has 16 heteroatoms. The van der Waals surface area contributed by atoms with Crippen LogP contribution in [0.4, 0.5) is 0 Å². The highest BCUT2D eigenvalue weighted by Gasteiger charge is 2.20. The molecular formula is C36H44N6O8S2. The van der Waals surface area contributed by atoms with Crippen LogP contribution < -0.4 is 5.73 Å². The molecular weight excluding hydrogens is 709 g/mol. The molecule has 0 atom stereocenters. The number of pyridine rings is 2. The van der Waals surface area contributed by atoms with Crippen LogP contribution >= 0.6 is 22.7 Å². The number of hydrogen-bond donors (Lipinski definition) is 5. The van der Waals surface area contributed by atoms with Crippen LogP contribution in [0.1, 0.15) is 48.5 Å². The minimum Gasteiger partial charge on any atom is -0.480 e. The highest BCUT2D eigenvalue weighted by molar-refractivity contribution is 7.13. The average molecular weight is 753 g/mol. The number of hydrogen-bond acceptors (Lipinski definition) is 12. The number of thiophene rings is 2. The lowest BCUT2D eigenvalue weighted by Gasteiger charge is -2.24. The summed E-state index contributed by atoms with van der Waals surface area (Å²) in [5, 5.41) is 41.6. The van der Waals surface area contributed by atoms with Crippen LogP contribution in [0.3, 0.4) is 0 Å². The third-order valence-corrected chi connectivity index (χ3v) is 9.72. The second-order valence-electron chi connectivity index (χ2n) is 12.4. The summed E-state index contributed by atoms with van der Waals surface area (Å²) in [5.74, 6) is -4.55. The van der Waals surface area contributed by atoms with Crippen molar-refractivity contribution in [1.82, 2.24) is 24.7 Å². The van der Waals surface area contributed by atoms with Gasteiger partial charge in [-0.1, -0.05) is 25.0 Å². The van der Waals surface area contributed by atoms with Crippen molar-refractivity contribution in [1.29, 1.82) is 0 Å². The van der Waals surface area contributed by atoms with Gasteiger partial charge in [0.25, 0.3) is 0 Å². The molecule has 0 aromatic carbocycles. The number of carboxylic acid groups (broad SMARTS) is 4. The van der Waals surface area contributed by atoms with Crippen molar-refractivity contribution in [2.75, 3.05) is 39.3 Å². The lowest BCUT2D eigenvalue weighted by atomic mass is 10.1. The van der Waals surface area contributed by atoms with Gasteiger partial charge in [0.05, 0.1) is 49.0 Å². The largest absolute Gasteiger partial charge is 0.480 e. The Labute approximate surface area is 309 Å². The summed E-state index contributed by atoms with van der Waals surface area (Å²) >= 11 is 3.10. The van der Waals surface area contributed by atoms with Crippen LogP contribution in [0.5, 0.6) is 0 Å². The minimum absolute atomic E-state index is 0.0286. The molecule has 0 unspecified atom stereocenters. The fourth-order valence-electron chi connectivity index (χ4n) is 5.86. The highest BCUT2D eigenvalue weighted by Crippen LogP contribution is 2.29. The van der Waals surface area contributed by atoms with E-state index in [1.165, 1.54) is 9.80 Å². The Morgan fingerprint density at radius 3 is 1.25 bits per heavy atom. The van der Waals surface area contributed by atoms with Crippen molar-refractivity contribution in [2.45, 2.75) is 51.9 Å². The summed E-state index contributed by atoms with van der Waals surface area (Å²) in [6.45, 7) is 0.380. The van der Waals surface area contributed by atoms with Gasteiger partial charge in [0.15, 0.2) is 0 Å². The molecule has 0 aliphatic rings. The number of nitrogens with two attached hydrogens (primary N) is 1. The fourth-order valence-corrected chi connectivity index (χ4v) is 7.29. The van der Waals surface area contributed by atoms with Crippen LogP contribution in [-0.4, -0.2) is 108 Å². The number of unbranched alkanes of at least 4 members (excludes halogenated alkanes) is 3. The highest BCUT2D eigenvalue weighted by atomic mass is 32.1. The quantitative estimate of drug-likeness (QED) is 0.0629. The van der Waals surface area contributed by atoms with E-state index in [0.717, 1.165) is 58.0 Å². The number of carbonyl (C=O) groups is 4. The van der Waals surface area contributed by atoms with E-state index in [2.05, 4.69) is 4.90 Å². The molecule has 0 fully saturated rings. The molecule has 14 nitrogen and oxygen atoms in total. The van der Waals surface area contributed by atoms with Gasteiger partial charge in [0.1, 0.15) is 0 Å². The Bertz CT molecular complexity index is 1620. The third-order valence-electron chi connectivity index (χ3n) is 7.88. The first-order valence-corrected chi connectivity index (χ1v) is 18.5. The van der Waals surface area contributed by atoms with E-state index >= 15 is 0 Å². The number of aromatic nitrogens is 2. The van der Waals surface area contributed by atoms with Crippen molar-refractivity contribution in [3.63, 3.8) is 0 Å². The molecule has 6 N–H and O–H groups in total. The Morgan fingerprint density at radius 2 is 0.923 bits per heavy atom. The average Bonchev–Trinajstić information content (AvgIpc) is 3.79. The second kappa shape index (κ2) is 20.5. The molecule has 0 saturated carbocycles. The molecule has 278 valence electrons. The smallest absolute Gasteiger partial charge is 0.317 e. The Balaban J connectivity index is 1.69. The monoisotopic (exact) mass is 752 g/mol. The van der Waals surface area contributed by atoms with Crippen molar-refractivity contribution in [3.8, 4) is 20.9 Å². The number of aliphatic carboxylic acids is 4. The van der Waals surface area contributed by atoms with Gasteiger partial charge in [0.2, 0.25) is 0 Å². The van der Waals surface area contributed by atoms with Crippen LogP contribution in [0.2, 0.25) is 0 Å². The zero-order valence-electron chi connectivity index (χ0n) is 28.7. The first kappa shape index (κ1) is 40.2. The lowest BCUT2D eigenvalue weighted by Crippen LogP contribution is -2.34. The van der Waals surface area contributed by atoms with Crippen LogP contribution in [0.25, 0.3) is 20.9 Å². The normalized spacial score (nSPS) is 11.5. The number of nitrogens with zero attached hydrogens (tertiary/aromatic N) is 5. The molecule has 0 saturated heterocycles. The maximum absolute atomic E-state index is 11.5. The van der Waals surface area contributed by atoms with Crippen LogP contribution in [0.15, 0.2) is 59.3 Å². The summed E-state index contributed by atoms with van der Waals surface area (Å²) in [6, 6.07) is 15.5.